The summed E-state index contributed by atoms with van der Waals surface area (Å²) >= 11 is 3.16. The minimum atomic E-state index is -0.519. The van der Waals surface area contributed by atoms with Gasteiger partial charge in [-0.15, -0.1) is 0 Å². The molecule has 0 aliphatic carbocycles. The first kappa shape index (κ1) is 18.4. The fourth-order valence-corrected chi connectivity index (χ4v) is 2.28. The number of hydrazone groups is 1. The normalized spacial score (nSPS) is 10.5. The molecular weight excluding hydrogens is 394 g/mol. The molecule has 2 aromatic carbocycles. The fraction of sp³-hybridized carbons (Fsp3) is 0.125. The smallest absolute Gasteiger partial charge is 0.277 e. The van der Waals surface area contributed by atoms with Gasteiger partial charge in [-0.05, 0) is 39.7 Å². The number of non-ortho nitro benzene ring substituents is 1. The van der Waals surface area contributed by atoms with Crippen LogP contribution in [0, 0.1) is 10.1 Å². The third kappa shape index (κ3) is 5.57. The van der Waals surface area contributed by atoms with Crippen LogP contribution in [0.15, 0.2) is 52.0 Å². The van der Waals surface area contributed by atoms with E-state index in [1.807, 2.05) is 6.07 Å². The summed E-state index contributed by atoms with van der Waals surface area (Å²) in [5.74, 6) is 0.531. The second kappa shape index (κ2) is 8.78. The summed E-state index contributed by atoms with van der Waals surface area (Å²) in [6.45, 7) is -0.286. The lowest BCUT2D eigenvalue weighted by Gasteiger charge is -2.06. The van der Waals surface area contributed by atoms with E-state index in [0.29, 0.717) is 16.0 Å². The first-order chi connectivity index (χ1) is 12.0. The number of amides is 1. The van der Waals surface area contributed by atoms with Gasteiger partial charge >= 0.3 is 0 Å². The van der Waals surface area contributed by atoms with Gasteiger partial charge in [0.1, 0.15) is 11.5 Å². The highest BCUT2D eigenvalue weighted by Crippen LogP contribution is 2.28. The van der Waals surface area contributed by atoms with Crippen molar-refractivity contribution in [2.45, 2.75) is 0 Å². The molecule has 0 saturated heterocycles. The summed E-state index contributed by atoms with van der Waals surface area (Å²) in [5, 5.41) is 14.5. The maximum Gasteiger partial charge on any atom is 0.277 e. The molecule has 1 amide bonds. The van der Waals surface area contributed by atoms with Gasteiger partial charge in [0.2, 0.25) is 0 Å². The molecule has 0 radical (unpaired) electrons. The van der Waals surface area contributed by atoms with Crippen LogP contribution in [0.4, 0.5) is 5.69 Å². The summed E-state index contributed by atoms with van der Waals surface area (Å²) in [6.07, 6.45) is 1.47. The highest BCUT2D eigenvalue weighted by molar-refractivity contribution is 9.10. The van der Waals surface area contributed by atoms with Gasteiger partial charge in [0, 0.05) is 12.1 Å². The van der Waals surface area contributed by atoms with Gasteiger partial charge in [-0.25, -0.2) is 5.43 Å². The highest BCUT2D eigenvalue weighted by Gasteiger charge is 2.11. The zero-order valence-corrected chi connectivity index (χ0v) is 14.7. The molecule has 0 aromatic heterocycles. The molecule has 1 N–H and O–H groups in total. The number of nitrogens with zero attached hydrogens (tertiary/aromatic N) is 2. The third-order valence-corrected chi connectivity index (χ3v) is 3.60. The van der Waals surface area contributed by atoms with E-state index in [2.05, 4.69) is 26.5 Å². The molecule has 25 heavy (non-hydrogen) atoms. The number of benzene rings is 2. The molecule has 0 bridgehead atoms. The minimum absolute atomic E-state index is 0.0773. The van der Waals surface area contributed by atoms with E-state index in [-0.39, 0.29) is 12.3 Å². The van der Waals surface area contributed by atoms with Crippen LogP contribution in [0.5, 0.6) is 11.5 Å². The largest absolute Gasteiger partial charge is 0.497 e. The Morgan fingerprint density at radius 1 is 1.36 bits per heavy atom. The molecule has 0 saturated carbocycles. The summed E-state index contributed by atoms with van der Waals surface area (Å²) in [7, 11) is 1.56. The molecule has 0 unspecified atom stereocenters. The van der Waals surface area contributed by atoms with Crippen molar-refractivity contribution in [2.75, 3.05) is 13.7 Å². The van der Waals surface area contributed by atoms with Crippen molar-refractivity contribution in [3.63, 3.8) is 0 Å². The molecule has 8 nitrogen and oxygen atoms in total. The van der Waals surface area contributed by atoms with Crippen LogP contribution in [0.2, 0.25) is 0 Å². The molecule has 2 rings (SSSR count). The first-order valence-corrected chi connectivity index (χ1v) is 7.81. The average Bonchev–Trinajstić information content (AvgIpc) is 2.60. The van der Waals surface area contributed by atoms with Crippen LogP contribution in [-0.4, -0.2) is 30.8 Å². The zero-order valence-electron chi connectivity index (χ0n) is 13.1. The number of rotatable bonds is 7. The summed E-state index contributed by atoms with van der Waals surface area (Å²) in [6, 6.07) is 11.2. The SMILES string of the molecule is COc1cccc(C=NNC(=O)COc2ccc([N+](=O)[O-])cc2Br)c1. The van der Waals surface area contributed by atoms with Crippen LogP contribution in [-0.2, 0) is 4.79 Å². The summed E-state index contributed by atoms with van der Waals surface area (Å²) < 4.78 is 10.8. The third-order valence-electron chi connectivity index (χ3n) is 2.98. The fourth-order valence-electron chi connectivity index (χ4n) is 1.80. The van der Waals surface area contributed by atoms with Crippen LogP contribution in [0.3, 0.4) is 0 Å². The Hall–Kier alpha value is -2.94. The molecule has 130 valence electrons. The van der Waals surface area contributed by atoms with E-state index >= 15 is 0 Å². The van der Waals surface area contributed by atoms with Gasteiger partial charge in [0.25, 0.3) is 11.6 Å². The van der Waals surface area contributed by atoms with Gasteiger partial charge in [-0.3, -0.25) is 14.9 Å². The second-order valence-electron chi connectivity index (χ2n) is 4.73. The van der Waals surface area contributed by atoms with E-state index in [4.69, 9.17) is 9.47 Å². The van der Waals surface area contributed by atoms with Crippen LogP contribution in [0.1, 0.15) is 5.56 Å². The van der Waals surface area contributed by atoms with Gasteiger partial charge in [-0.2, -0.15) is 5.10 Å². The molecule has 0 aliphatic rings. The lowest BCUT2D eigenvalue weighted by atomic mass is 10.2. The number of nitro benzene ring substituents is 1. The Morgan fingerprint density at radius 3 is 2.84 bits per heavy atom. The van der Waals surface area contributed by atoms with Gasteiger partial charge in [0.05, 0.1) is 22.7 Å². The van der Waals surface area contributed by atoms with Crippen molar-refractivity contribution >= 4 is 33.7 Å². The van der Waals surface area contributed by atoms with Crippen LogP contribution >= 0.6 is 15.9 Å². The van der Waals surface area contributed by atoms with Gasteiger partial charge in [-0.1, -0.05) is 12.1 Å². The monoisotopic (exact) mass is 407 g/mol. The average molecular weight is 408 g/mol. The molecule has 0 aliphatic heterocycles. The van der Waals surface area contributed by atoms with Crippen molar-refractivity contribution in [1.29, 1.82) is 0 Å². The predicted molar refractivity (Wildman–Crippen MR) is 95.0 cm³/mol. The number of carbonyl (C=O) groups excluding carboxylic acids is 1. The van der Waals surface area contributed by atoms with Gasteiger partial charge < -0.3 is 9.47 Å². The number of nitro groups is 1. The van der Waals surface area contributed by atoms with Gasteiger partial charge in [0.15, 0.2) is 6.61 Å². The first-order valence-electron chi connectivity index (χ1n) is 7.02. The number of ether oxygens (including phenoxy) is 2. The quantitative estimate of drug-likeness (QED) is 0.431. The molecule has 0 atom stereocenters. The predicted octanol–water partition coefficient (Wildman–Crippen LogP) is 2.90. The van der Waals surface area contributed by atoms with E-state index < -0.39 is 10.8 Å². The van der Waals surface area contributed by atoms with E-state index in [0.717, 1.165) is 5.56 Å². The molecule has 0 fully saturated rings. The van der Waals surface area contributed by atoms with E-state index in [1.165, 1.54) is 24.4 Å². The molecule has 0 heterocycles. The van der Waals surface area contributed by atoms with Crippen molar-refractivity contribution in [3.8, 4) is 11.5 Å². The maximum absolute atomic E-state index is 11.7. The molecule has 0 spiro atoms. The Balaban J connectivity index is 1.86. The number of halogens is 1. The minimum Gasteiger partial charge on any atom is -0.497 e. The van der Waals surface area contributed by atoms with Crippen molar-refractivity contribution < 1.29 is 19.2 Å². The zero-order chi connectivity index (χ0) is 18.2. The van der Waals surface area contributed by atoms with Crippen LogP contribution in [0.25, 0.3) is 0 Å². The second-order valence-corrected chi connectivity index (χ2v) is 5.58. The number of methoxy groups -OCH3 is 1. The van der Waals surface area contributed by atoms with E-state index in [1.54, 1.807) is 25.3 Å². The topological polar surface area (TPSA) is 103 Å². The maximum atomic E-state index is 11.7. The number of carbonyl (C=O) groups is 1. The molecule has 2 aromatic rings. The van der Waals surface area contributed by atoms with Crippen molar-refractivity contribution in [1.82, 2.24) is 5.43 Å². The Morgan fingerprint density at radius 2 is 2.16 bits per heavy atom. The standard InChI is InChI=1S/C16H14BrN3O5/c1-24-13-4-2-3-11(7-13)9-18-19-16(21)10-25-15-6-5-12(20(22)23)8-14(15)17/h2-9H,10H2,1H3,(H,19,21). The van der Waals surface area contributed by atoms with Crippen molar-refractivity contribution in [3.05, 3.63) is 62.6 Å². The number of nitrogens with one attached hydrogen (secondary N) is 1. The van der Waals surface area contributed by atoms with Crippen LogP contribution < -0.4 is 14.9 Å². The summed E-state index contributed by atoms with van der Waals surface area (Å²) in [4.78, 5) is 21.9. The lowest BCUT2D eigenvalue weighted by Crippen LogP contribution is -2.24. The molecule has 9 heteroatoms. The van der Waals surface area contributed by atoms with E-state index in [9.17, 15) is 14.9 Å². The lowest BCUT2D eigenvalue weighted by molar-refractivity contribution is -0.384. The molecular formula is C16H14BrN3O5. The summed E-state index contributed by atoms with van der Waals surface area (Å²) in [5.41, 5.74) is 3.01. The van der Waals surface area contributed by atoms with Crippen molar-refractivity contribution in [2.24, 2.45) is 5.10 Å². The number of hydrogen-bond donors (Lipinski definition) is 1. The Labute approximate surface area is 151 Å². The Bertz CT molecular complexity index is 810. The number of hydrogen-bond acceptors (Lipinski definition) is 6. The highest BCUT2D eigenvalue weighted by atomic mass is 79.9. The Kier molecular flexibility index (Phi) is 6.47.